The van der Waals surface area contributed by atoms with Crippen LogP contribution in [0.15, 0.2) is 24.4 Å². The summed E-state index contributed by atoms with van der Waals surface area (Å²) in [6.45, 7) is 7.02. The number of nitrogens with zero attached hydrogens (tertiary/aromatic N) is 2. The average molecular weight is 300 g/mol. The smallest absolute Gasteiger partial charge is 0.253 e. The molecule has 2 heterocycles. The third-order valence-corrected chi connectivity index (χ3v) is 4.34. The second kappa shape index (κ2) is 6.48. The van der Waals surface area contributed by atoms with Gasteiger partial charge >= 0.3 is 0 Å². The molecule has 5 heteroatoms. The van der Waals surface area contributed by atoms with E-state index in [0.29, 0.717) is 11.5 Å². The first-order valence-corrected chi connectivity index (χ1v) is 8.12. The van der Waals surface area contributed by atoms with E-state index in [0.717, 1.165) is 43.4 Å². The van der Waals surface area contributed by atoms with Gasteiger partial charge < -0.3 is 10.6 Å². The van der Waals surface area contributed by atoms with E-state index in [-0.39, 0.29) is 11.9 Å². The molecule has 1 aromatic heterocycles. The topological polar surface area (TPSA) is 59.0 Å². The first-order chi connectivity index (χ1) is 10.6. The highest BCUT2D eigenvalue weighted by Gasteiger charge is 2.17. The van der Waals surface area contributed by atoms with E-state index in [4.69, 9.17) is 0 Å². The van der Waals surface area contributed by atoms with Crippen molar-refractivity contribution in [3.63, 3.8) is 0 Å². The third kappa shape index (κ3) is 3.14. The van der Waals surface area contributed by atoms with Gasteiger partial charge in [-0.3, -0.25) is 9.48 Å². The number of piperidine rings is 1. The largest absolute Gasteiger partial charge is 0.352 e. The lowest BCUT2D eigenvalue weighted by Crippen LogP contribution is -2.36. The highest BCUT2D eigenvalue weighted by atomic mass is 16.1. The van der Waals surface area contributed by atoms with Crippen LogP contribution in [0.2, 0.25) is 0 Å². The zero-order valence-corrected chi connectivity index (χ0v) is 13.3. The van der Waals surface area contributed by atoms with Crippen LogP contribution < -0.4 is 10.6 Å². The molecule has 2 aromatic rings. The van der Waals surface area contributed by atoms with Gasteiger partial charge in [0.1, 0.15) is 5.52 Å². The molecule has 0 radical (unpaired) electrons. The van der Waals surface area contributed by atoms with Gasteiger partial charge in [0.25, 0.3) is 5.91 Å². The van der Waals surface area contributed by atoms with Crippen molar-refractivity contribution in [2.24, 2.45) is 5.92 Å². The number of nitrogens with one attached hydrogen (secondary N) is 2. The summed E-state index contributed by atoms with van der Waals surface area (Å²) >= 11 is 0. The molecule has 5 nitrogen and oxygen atoms in total. The van der Waals surface area contributed by atoms with E-state index < -0.39 is 0 Å². The number of amides is 1. The first kappa shape index (κ1) is 15.0. The Kier molecular flexibility index (Phi) is 4.43. The predicted molar refractivity (Wildman–Crippen MR) is 88.0 cm³/mol. The van der Waals surface area contributed by atoms with Crippen molar-refractivity contribution in [2.45, 2.75) is 32.7 Å². The molecule has 0 saturated carbocycles. The van der Waals surface area contributed by atoms with Crippen molar-refractivity contribution >= 4 is 16.8 Å². The lowest BCUT2D eigenvalue weighted by atomic mass is 9.98. The second-order valence-electron chi connectivity index (χ2n) is 6.35. The van der Waals surface area contributed by atoms with Crippen LogP contribution in [0, 0.1) is 5.92 Å². The summed E-state index contributed by atoms with van der Waals surface area (Å²) in [5, 5.41) is 12.0. The minimum atomic E-state index is -0.0156. The van der Waals surface area contributed by atoms with Gasteiger partial charge in [-0.2, -0.15) is 5.10 Å². The maximum atomic E-state index is 12.5. The molecule has 1 aliphatic rings. The predicted octanol–water partition coefficient (Wildman–Crippen LogP) is 2.35. The van der Waals surface area contributed by atoms with E-state index >= 15 is 0 Å². The zero-order valence-electron chi connectivity index (χ0n) is 13.3. The number of hydrogen-bond acceptors (Lipinski definition) is 3. The molecule has 3 rings (SSSR count). The molecular weight excluding hydrogens is 276 g/mol. The van der Waals surface area contributed by atoms with Gasteiger partial charge in [-0.1, -0.05) is 12.1 Å². The highest BCUT2D eigenvalue weighted by Crippen LogP contribution is 2.19. The Morgan fingerprint density at radius 3 is 2.91 bits per heavy atom. The van der Waals surface area contributed by atoms with Crippen LogP contribution in [-0.4, -0.2) is 35.3 Å². The highest BCUT2D eigenvalue weighted by molar-refractivity contribution is 6.05. The molecule has 2 N–H and O–H groups in total. The van der Waals surface area contributed by atoms with Crippen LogP contribution in [0.3, 0.4) is 0 Å². The van der Waals surface area contributed by atoms with Crippen molar-refractivity contribution in [3.8, 4) is 0 Å². The molecule has 1 fully saturated rings. The summed E-state index contributed by atoms with van der Waals surface area (Å²) in [6.07, 6.45) is 4.27. The minimum absolute atomic E-state index is 0.0156. The summed E-state index contributed by atoms with van der Waals surface area (Å²) in [5.74, 6) is 0.566. The lowest BCUT2D eigenvalue weighted by molar-refractivity contribution is 0.0945. The quantitative estimate of drug-likeness (QED) is 0.911. The molecule has 0 aliphatic carbocycles. The number of rotatable bonds is 4. The number of carbonyl (C=O) groups excluding carboxylic acids is 1. The van der Waals surface area contributed by atoms with Gasteiger partial charge in [0.2, 0.25) is 0 Å². The second-order valence-corrected chi connectivity index (χ2v) is 6.35. The van der Waals surface area contributed by atoms with E-state index in [9.17, 15) is 4.79 Å². The van der Waals surface area contributed by atoms with E-state index in [2.05, 4.69) is 29.6 Å². The van der Waals surface area contributed by atoms with E-state index in [1.54, 1.807) is 0 Å². The molecule has 1 saturated heterocycles. The minimum Gasteiger partial charge on any atom is -0.352 e. The Morgan fingerprint density at radius 1 is 1.41 bits per heavy atom. The molecule has 1 amide bonds. The maximum Gasteiger partial charge on any atom is 0.253 e. The van der Waals surface area contributed by atoms with E-state index in [1.165, 1.54) is 0 Å². The molecule has 0 bridgehead atoms. The van der Waals surface area contributed by atoms with Crippen molar-refractivity contribution in [3.05, 3.63) is 30.0 Å². The maximum absolute atomic E-state index is 12.5. The fraction of sp³-hybridized carbons (Fsp3) is 0.529. The molecule has 1 aromatic carbocycles. The van der Waals surface area contributed by atoms with Gasteiger partial charge in [0.05, 0.1) is 5.56 Å². The van der Waals surface area contributed by atoms with Crippen LogP contribution in [0.25, 0.3) is 10.9 Å². The van der Waals surface area contributed by atoms with Crippen molar-refractivity contribution < 1.29 is 4.79 Å². The van der Waals surface area contributed by atoms with Gasteiger partial charge in [0.15, 0.2) is 0 Å². The molecule has 22 heavy (non-hydrogen) atoms. The Labute approximate surface area is 131 Å². The summed E-state index contributed by atoms with van der Waals surface area (Å²) in [5.41, 5.74) is 1.46. The van der Waals surface area contributed by atoms with Gasteiger partial charge in [-0.25, -0.2) is 0 Å². The van der Waals surface area contributed by atoms with Crippen LogP contribution >= 0.6 is 0 Å². The lowest BCUT2D eigenvalue weighted by Gasteiger charge is -2.22. The summed E-state index contributed by atoms with van der Waals surface area (Å²) in [7, 11) is 0. The molecule has 1 aliphatic heterocycles. The number of aromatic nitrogens is 2. The van der Waals surface area contributed by atoms with Crippen LogP contribution in [-0.2, 0) is 0 Å². The Balaban J connectivity index is 1.75. The fourth-order valence-electron chi connectivity index (χ4n) is 2.93. The summed E-state index contributed by atoms with van der Waals surface area (Å²) < 4.78 is 1.91. The fourth-order valence-corrected chi connectivity index (χ4v) is 2.93. The number of carbonyl (C=O) groups is 1. The average Bonchev–Trinajstić information content (AvgIpc) is 2.98. The standard InChI is InChI=1S/C17H24N4O/c1-12(2)21-11-14-4-3-5-15(16(14)20-21)17(22)19-10-13-6-8-18-9-7-13/h3-5,11-13,18H,6-10H2,1-2H3,(H,19,22). The van der Waals surface area contributed by atoms with Gasteiger partial charge in [-0.15, -0.1) is 0 Å². The van der Waals surface area contributed by atoms with Crippen molar-refractivity contribution in [2.75, 3.05) is 19.6 Å². The number of fused-ring (bicyclic) bond motifs is 1. The molecule has 0 unspecified atom stereocenters. The van der Waals surface area contributed by atoms with Crippen LogP contribution in [0.1, 0.15) is 43.1 Å². The van der Waals surface area contributed by atoms with Crippen molar-refractivity contribution in [1.29, 1.82) is 0 Å². The third-order valence-electron chi connectivity index (χ3n) is 4.34. The van der Waals surface area contributed by atoms with Crippen molar-refractivity contribution in [1.82, 2.24) is 20.4 Å². The first-order valence-electron chi connectivity index (χ1n) is 8.12. The Hall–Kier alpha value is -1.88. The zero-order chi connectivity index (χ0) is 15.5. The van der Waals surface area contributed by atoms with Crippen LogP contribution in [0.4, 0.5) is 0 Å². The summed E-state index contributed by atoms with van der Waals surface area (Å²) in [6, 6.07) is 6.08. The Morgan fingerprint density at radius 2 is 2.18 bits per heavy atom. The monoisotopic (exact) mass is 300 g/mol. The molecule has 0 spiro atoms. The molecule has 0 atom stereocenters. The number of hydrogen-bond donors (Lipinski definition) is 2. The van der Waals surface area contributed by atoms with Gasteiger partial charge in [0, 0.05) is 24.2 Å². The molecule has 118 valence electrons. The van der Waals surface area contributed by atoms with E-state index in [1.807, 2.05) is 29.1 Å². The SMILES string of the molecule is CC(C)n1cc2cccc(C(=O)NCC3CCNCC3)c2n1. The number of benzene rings is 1. The summed E-state index contributed by atoms with van der Waals surface area (Å²) in [4.78, 5) is 12.5. The van der Waals surface area contributed by atoms with Gasteiger partial charge in [-0.05, 0) is 51.8 Å². The molecular formula is C17H24N4O. The van der Waals surface area contributed by atoms with Crippen LogP contribution in [0.5, 0.6) is 0 Å². The normalized spacial score (nSPS) is 16.3. The Bertz CT molecular complexity index is 656.